The molecule has 1 aromatic rings. The minimum absolute atomic E-state index is 0.149. The maximum atomic E-state index is 13.5. The molecule has 0 unspecified atom stereocenters. The molecular weight excluding hydrogens is 304 g/mol. The van der Waals surface area contributed by atoms with Gasteiger partial charge in [0.2, 0.25) is 5.91 Å². The van der Waals surface area contributed by atoms with Crippen LogP contribution < -0.4 is 5.32 Å². The molecule has 0 bridgehead atoms. The fourth-order valence-electron chi connectivity index (χ4n) is 1.47. The second kappa shape index (κ2) is 6.85. The Balaban J connectivity index is 2.57. The van der Waals surface area contributed by atoms with Gasteiger partial charge in [-0.25, -0.2) is 8.78 Å². The first kappa shape index (κ1) is 17.4. The molecule has 7 heteroatoms. The lowest BCUT2D eigenvalue weighted by Crippen LogP contribution is -2.24. The summed E-state index contributed by atoms with van der Waals surface area (Å²) in [4.78, 5) is 23.1. The number of rotatable bonds is 4. The van der Waals surface area contributed by atoms with Crippen molar-refractivity contribution < 1.29 is 23.1 Å². The molecular formula is C14H16ClF2NO3. The summed E-state index contributed by atoms with van der Waals surface area (Å²) in [6.07, 6.45) is -0.342. The van der Waals surface area contributed by atoms with E-state index < -0.39 is 29.1 Å². The molecule has 0 aliphatic heterocycles. The molecule has 1 amide bonds. The van der Waals surface area contributed by atoms with Crippen LogP contribution in [0.4, 0.5) is 14.5 Å². The van der Waals surface area contributed by atoms with Gasteiger partial charge in [-0.15, -0.1) is 0 Å². The monoisotopic (exact) mass is 319 g/mol. The molecule has 21 heavy (non-hydrogen) atoms. The maximum Gasteiger partial charge on any atom is 0.306 e. The molecule has 0 spiro atoms. The van der Waals surface area contributed by atoms with Crippen LogP contribution in [0.1, 0.15) is 33.6 Å². The third-order valence-electron chi connectivity index (χ3n) is 2.25. The van der Waals surface area contributed by atoms with Crippen molar-refractivity contribution in [1.29, 1.82) is 0 Å². The van der Waals surface area contributed by atoms with Crippen molar-refractivity contribution in [3.63, 3.8) is 0 Å². The zero-order valence-electron chi connectivity index (χ0n) is 11.9. The smallest absolute Gasteiger partial charge is 0.306 e. The van der Waals surface area contributed by atoms with Gasteiger partial charge >= 0.3 is 5.97 Å². The highest BCUT2D eigenvalue weighted by Crippen LogP contribution is 2.26. The largest absolute Gasteiger partial charge is 0.460 e. The average Bonchev–Trinajstić information content (AvgIpc) is 2.29. The fourth-order valence-corrected chi connectivity index (χ4v) is 1.71. The van der Waals surface area contributed by atoms with Gasteiger partial charge in [0.05, 0.1) is 17.1 Å². The van der Waals surface area contributed by atoms with E-state index in [9.17, 15) is 18.4 Å². The first-order valence-corrected chi connectivity index (χ1v) is 6.62. The SMILES string of the molecule is CC(C)(C)OC(=O)CCC(=O)Nc1c(F)cc(F)cc1Cl. The average molecular weight is 320 g/mol. The van der Waals surface area contributed by atoms with Crippen LogP contribution in [-0.2, 0) is 14.3 Å². The molecule has 0 radical (unpaired) electrons. The number of hydrogen-bond donors (Lipinski definition) is 1. The predicted molar refractivity (Wildman–Crippen MR) is 75.1 cm³/mol. The van der Waals surface area contributed by atoms with E-state index in [1.54, 1.807) is 20.8 Å². The van der Waals surface area contributed by atoms with E-state index in [2.05, 4.69) is 5.32 Å². The number of nitrogens with one attached hydrogen (secondary N) is 1. The number of hydrogen-bond acceptors (Lipinski definition) is 3. The zero-order valence-corrected chi connectivity index (χ0v) is 12.7. The third kappa shape index (κ3) is 6.08. The van der Waals surface area contributed by atoms with E-state index in [0.717, 1.165) is 6.07 Å². The topological polar surface area (TPSA) is 55.4 Å². The number of ether oxygens (including phenoxy) is 1. The van der Waals surface area contributed by atoms with Crippen molar-refractivity contribution in [2.75, 3.05) is 5.32 Å². The second-order valence-corrected chi connectivity index (χ2v) is 5.79. The Morgan fingerprint density at radius 1 is 1.24 bits per heavy atom. The summed E-state index contributed by atoms with van der Waals surface area (Å²) in [6, 6.07) is 1.49. The van der Waals surface area contributed by atoms with Gasteiger partial charge in [0.1, 0.15) is 11.4 Å². The molecule has 0 saturated heterocycles. The van der Waals surface area contributed by atoms with Gasteiger partial charge in [-0.05, 0) is 26.8 Å². The minimum atomic E-state index is -0.981. The number of carbonyl (C=O) groups excluding carboxylic acids is 2. The van der Waals surface area contributed by atoms with Crippen LogP contribution in [0.3, 0.4) is 0 Å². The summed E-state index contributed by atoms with van der Waals surface area (Å²) in [7, 11) is 0. The molecule has 0 fully saturated rings. The molecule has 0 saturated carbocycles. The van der Waals surface area contributed by atoms with Gasteiger partial charge in [-0.2, -0.15) is 0 Å². The van der Waals surface area contributed by atoms with E-state index in [1.165, 1.54) is 0 Å². The van der Waals surface area contributed by atoms with E-state index >= 15 is 0 Å². The Bertz CT molecular complexity index is 533. The number of amides is 1. The van der Waals surface area contributed by atoms with Crippen molar-refractivity contribution >= 4 is 29.2 Å². The molecule has 116 valence electrons. The highest BCUT2D eigenvalue weighted by molar-refractivity contribution is 6.33. The van der Waals surface area contributed by atoms with E-state index in [-0.39, 0.29) is 23.6 Å². The fraction of sp³-hybridized carbons (Fsp3) is 0.429. The third-order valence-corrected chi connectivity index (χ3v) is 2.55. The Morgan fingerprint density at radius 2 is 1.86 bits per heavy atom. The summed E-state index contributed by atoms with van der Waals surface area (Å²) in [6.45, 7) is 5.12. The van der Waals surface area contributed by atoms with Crippen LogP contribution in [0.15, 0.2) is 12.1 Å². The standard InChI is InChI=1S/C14H16ClF2NO3/c1-14(2,3)21-12(20)5-4-11(19)18-13-9(15)6-8(16)7-10(13)17/h6-7H,4-5H2,1-3H3,(H,18,19). The summed E-state index contributed by atoms with van der Waals surface area (Å²) >= 11 is 5.64. The summed E-state index contributed by atoms with van der Waals surface area (Å²) < 4.78 is 31.4. The number of carbonyl (C=O) groups is 2. The molecule has 1 N–H and O–H groups in total. The predicted octanol–water partition coefficient (Wildman–Crippen LogP) is 3.68. The minimum Gasteiger partial charge on any atom is -0.460 e. The quantitative estimate of drug-likeness (QED) is 0.861. The highest BCUT2D eigenvalue weighted by Gasteiger charge is 2.18. The lowest BCUT2D eigenvalue weighted by atomic mass is 10.2. The van der Waals surface area contributed by atoms with Crippen LogP contribution in [-0.4, -0.2) is 17.5 Å². The van der Waals surface area contributed by atoms with Crippen LogP contribution in [0.5, 0.6) is 0 Å². The number of esters is 1. The summed E-state index contributed by atoms with van der Waals surface area (Å²) in [5.41, 5.74) is -0.952. The Hall–Kier alpha value is -1.69. The lowest BCUT2D eigenvalue weighted by Gasteiger charge is -2.19. The second-order valence-electron chi connectivity index (χ2n) is 5.38. The van der Waals surface area contributed by atoms with Crippen molar-refractivity contribution in [2.24, 2.45) is 0 Å². The number of anilines is 1. The number of halogens is 3. The Morgan fingerprint density at radius 3 is 2.38 bits per heavy atom. The Labute approximate surface area is 126 Å². The first-order valence-electron chi connectivity index (χ1n) is 6.25. The number of benzene rings is 1. The normalized spacial score (nSPS) is 11.1. The van der Waals surface area contributed by atoms with Crippen LogP contribution >= 0.6 is 11.6 Å². The van der Waals surface area contributed by atoms with Crippen molar-refractivity contribution in [3.05, 3.63) is 28.8 Å². The van der Waals surface area contributed by atoms with Crippen LogP contribution in [0.2, 0.25) is 5.02 Å². The molecule has 0 aromatic heterocycles. The van der Waals surface area contributed by atoms with Gasteiger partial charge < -0.3 is 10.1 Å². The van der Waals surface area contributed by atoms with Crippen molar-refractivity contribution in [3.8, 4) is 0 Å². The van der Waals surface area contributed by atoms with Gasteiger partial charge in [-0.3, -0.25) is 9.59 Å². The zero-order chi connectivity index (χ0) is 16.2. The molecule has 1 rings (SSSR count). The molecule has 0 heterocycles. The van der Waals surface area contributed by atoms with Crippen LogP contribution in [0.25, 0.3) is 0 Å². The first-order chi connectivity index (χ1) is 9.58. The summed E-state index contributed by atoms with van der Waals surface area (Å²) in [5.74, 6) is -2.98. The summed E-state index contributed by atoms with van der Waals surface area (Å²) in [5, 5.41) is 1.95. The van der Waals surface area contributed by atoms with Crippen molar-refractivity contribution in [1.82, 2.24) is 0 Å². The Kier molecular flexibility index (Phi) is 5.66. The molecule has 0 aliphatic carbocycles. The van der Waals surface area contributed by atoms with E-state index in [1.807, 2.05) is 0 Å². The lowest BCUT2D eigenvalue weighted by molar-refractivity contribution is -0.155. The molecule has 0 atom stereocenters. The molecule has 4 nitrogen and oxygen atoms in total. The van der Waals surface area contributed by atoms with Gasteiger partial charge in [-0.1, -0.05) is 11.6 Å². The van der Waals surface area contributed by atoms with Gasteiger partial charge in [0.15, 0.2) is 5.82 Å². The van der Waals surface area contributed by atoms with E-state index in [0.29, 0.717) is 6.07 Å². The van der Waals surface area contributed by atoms with Gasteiger partial charge in [0, 0.05) is 12.5 Å². The maximum absolute atomic E-state index is 13.5. The van der Waals surface area contributed by atoms with E-state index in [4.69, 9.17) is 16.3 Å². The highest BCUT2D eigenvalue weighted by atomic mass is 35.5. The van der Waals surface area contributed by atoms with Gasteiger partial charge in [0.25, 0.3) is 0 Å². The molecule has 1 aromatic carbocycles. The van der Waals surface area contributed by atoms with Crippen molar-refractivity contribution in [2.45, 2.75) is 39.2 Å². The van der Waals surface area contributed by atoms with Crippen LogP contribution in [0, 0.1) is 11.6 Å². The molecule has 0 aliphatic rings.